The summed E-state index contributed by atoms with van der Waals surface area (Å²) < 4.78 is 114. The van der Waals surface area contributed by atoms with Crippen molar-refractivity contribution in [2.24, 2.45) is 0 Å². The molecule has 1 fully saturated rings. The summed E-state index contributed by atoms with van der Waals surface area (Å²) in [5, 5.41) is 71.9. The molecule has 0 saturated carbocycles. The number of carbonyl (C=O) groups is 2. The summed E-state index contributed by atoms with van der Waals surface area (Å²) in [6, 6.07) is 54.8. The topological polar surface area (TPSA) is 283 Å². The van der Waals surface area contributed by atoms with Crippen LogP contribution in [0, 0.1) is 46.9 Å². The molecule has 0 aliphatic carbocycles. The molecule has 16 nitrogen and oxygen atoms in total. The molecular weight excluding hydrogens is 1840 g/mol. The van der Waals surface area contributed by atoms with Crippen molar-refractivity contribution in [1.29, 1.82) is 0 Å². The molecule has 4 heterocycles. The number of rotatable bonds is 8. The van der Waals surface area contributed by atoms with E-state index in [2.05, 4.69) is 89.8 Å². The maximum atomic E-state index is 13.9. The molecule has 13 aromatic rings. The van der Waals surface area contributed by atoms with Crippen molar-refractivity contribution in [3.05, 3.63) is 309 Å². The molecule has 0 amide bonds. The van der Waals surface area contributed by atoms with E-state index in [0.717, 1.165) is 76.4 Å². The van der Waals surface area contributed by atoms with E-state index >= 15 is 0 Å². The van der Waals surface area contributed by atoms with Gasteiger partial charge in [0, 0.05) is 80.4 Å². The van der Waals surface area contributed by atoms with Gasteiger partial charge in [0.25, 0.3) is 5.24 Å². The summed E-state index contributed by atoms with van der Waals surface area (Å²) in [5.41, 5.74) is -1.40. The molecule has 2 atom stereocenters. The molecule has 3 aromatic heterocycles. The minimum atomic E-state index is -1.67. The number of carboxylic acids is 1. The van der Waals surface area contributed by atoms with Crippen LogP contribution in [0.15, 0.2) is 240 Å². The first kappa shape index (κ1) is 114. The number of H-pyrrole nitrogens is 1. The van der Waals surface area contributed by atoms with Gasteiger partial charge in [0.15, 0.2) is 0 Å². The van der Waals surface area contributed by atoms with E-state index in [4.69, 9.17) is 55.8 Å². The van der Waals surface area contributed by atoms with Crippen LogP contribution in [0.2, 0.25) is 0 Å². The second-order valence-electron chi connectivity index (χ2n) is 29.6. The molecule has 123 heavy (non-hydrogen) atoms. The first-order valence-corrected chi connectivity index (χ1v) is 41.1. The number of benzene rings is 10. The SMILES string of the molecule is CC(C)(O)C(C)(C)O.CC(C)(O)C(C)(C)O.CC(O)c1c(F)cncc1-c1ccc2cc(F)ccc2c1.CC(O)c1c(F)cncc1Br.CC1(C)OB(c2ccc3cc(F)ccc3c2)OC1(C)C.Fc1ccc2cc(Br)ccc2c1.O.O=C(Cl)c1ccc2cc(F)ccc2c1.O=C(O)c1ccc2cc(F)ccc2c1.O=S(Cl)Cl.[B][B].[Na+].[SH-].[c-]1cccc[nH+]1. The molecule has 10 N–H and O–H groups in total. The molecule has 648 valence electrons. The Morgan fingerprint density at radius 1 is 0.504 bits per heavy atom. The number of halogens is 12. The minimum absolute atomic E-state index is 0. The molecular formula is C89H93B3Br2Cl3F7N3NaO13S2. The zero-order chi connectivity index (χ0) is 90.6. The van der Waals surface area contributed by atoms with E-state index in [1.165, 1.54) is 99.0 Å². The number of fused-ring (bicyclic) bond motifs is 5. The number of carbonyl (C=O) groups excluding carboxylic acids is 1. The average Bonchev–Trinajstić information content (AvgIpc) is 1.62. The van der Waals surface area contributed by atoms with Gasteiger partial charge in [-0.2, -0.15) is 6.07 Å². The first-order chi connectivity index (χ1) is 55.8. The van der Waals surface area contributed by atoms with Gasteiger partial charge in [0.2, 0.25) is 9.23 Å². The van der Waals surface area contributed by atoms with Crippen molar-refractivity contribution in [1.82, 2.24) is 9.97 Å². The largest absolute Gasteiger partial charge is 1.00 e. The van der Waals surface area contributed by atoms with Crippen LogP contribution in [0.5, 0.6) is 0 Å². The normalized spacial score (nSPS) is 12.6. The maximum Gasteiger partial charge on any atom is 1.00 e. The van der Waals surface area contributed by atoms with Gasteiger partial charge < -0.3 is 69.0 Å². The molecule has 4 radical (unpaired) electrons. The van der Waals surface area contributed by atoms with Crippen molar-refractivity contribution in [2.75, 3.05) is 0 Å². The molecule has 2 unspecified atom stereocenters. The Hall–Kier alpha value is -7.24. The van der Waals surface area contributed by atoms with E-state index in [-0.39, 0.29) is 113 Å². The van der Waals surface area contributed by atoms with E-state index in [9.17, 15) is 45.4 Å². The zero-order valence-corrected chi connectivity index (χ0v) is 78.9. The number of pyridine rings is 3. The average molecular weight is 1930 g/mol. The van der Waals surface area contributed by atoms with Crippen LogP contribution in [0.3, 0.4) is 0 Å². The Bertz CT molecular complexity index is 5330. The van der Waals surface area contributed by atoms with Gasteiger partial charge >= 0.3 is 42.6 Å². The Balaban J connectivity index is 0.000000699. The van der Waals surface area contributed by atoms with Gasteiger partial charge in [-0.05, 0) is 292 Å². The molecule has 10 aromatic carbocycles. The zero-order valence-electron chi connectivity index (χ0n) is 69.8. The standard InChI is InChI=1S/C17H13F2NO.C16H18BFO2.C11H6ClFO.C11H7FO2.C10H6BrF.C7H7BrFNO.2C6H14O2.C5H5N.B2.Cl2OS.Na.H2O.H2S/c1-10(21)17-15(8-20-9-16(17)19)13-3-2-12-7-14(18)5-4-11(12)6-13;1-15(2)16(3,4)20-17(19-15)13-7-5-12-10-14(18)8-6-11(12)9-13;12-11(14)9-2-1-8-6-10(13)4-3-7(8)5-9;12-10-4-3-7-5-9(11(13)14)2-1-8(7)6-10;11-9-3-1-8-6-10(12)4-2-7(8)5-9;1-4(11)7-5(8)2-10-3-6(7)9;2*1-5(2,7)6(3,4)8;1-2-4-6-5-3-1;1-2;1-4(2)3;;;/h2-10,21H,1H3;5-10H,1-4H3;1-6H;1-6H,(H,13,14);1-6H;2-4,11H,1H3;2*7-8H,1-4H3;1-4,6H;;;;2*1H2/q;;;;;;;;;;;+1;;/p-1. The maximum absolute atomic E-state index is 13.9. The molecule has 1 aliphatic rings. The summed E-state index contributed by atoms with van der Waals surface area (Å²) in [6.07, 6.45) is 7.97. The predicted octanol–water partition coefficient (Wildman–Crippen LogP) is 16.9. The molecule has 0 bridgehead atoms. The van der Waals surface area contributed by atoms with E-state index in [1.807, 2.05) is 94.6 Å². The van der Waals surface area contributed by atoms with Crippen LogP contribution in [-0.4, -0.2) is 123 Å². The van der Waals surface area contributed by atoms with Crippen LogP contribution >= 0.6 is 64.8 Å². The van der Waals surface area contributed by atoms with Gasteiger partial charge in [0.1, 0.15) is 46.9 Å². The Morgan fingerprint density at radius 3 is 1.16 bits per heavy atom. The van der Waals surface area contributed by atoms with Crippen LogP contribution in [0.4, 0.5) is 30.7 Å². The number of aliphatic hydroxyl groups is 6. The Kier molecular flexibility index (Phi) is 48.2. The summed E-state index contributed by atoms with van der Waals surface area (Å²) in [7, 11) is 15.0. The second kappa shape index (κ2) is 52.2. The van der Waals surface area contributed by atoms with Crippen molar-refractivity contribution in [2.45, 2.75) is 143 Å². The third kappa shape index (κ3) is 37.3. The van der Waals surface area contributed by atoms with Crippen molar-refractivity contribution < 1.29 is 130 Å². The number of thiol groups is 1. The fraction of sp³-hybridized carbons (Fsp3) is 0.247. The number of aromatic nitrogens is 3. The third-order valence-corrected chi connectivity index (χ3v) is 19.9. The fourth-order valence-electron chi connectivity index (χ4n) is 9.84. The summed E-state index contributed by atoms with van der Waals surface area (Å²) in [4.78, 5) is 31.7. The predicted molar refractivity (Wildman–Crippen MR) is 487 cm³/mol. The van der Waals surface area contributed by atoms with Crippen LogP contribution in [0.25, 0.3) is 65.0 Å². The number of carboxylic acid groups (broad SMARTS) is 1. The first-order valence-electron chi connectivity index (χ1n) is 36.3. The summed E-state index contributed by atoms with van der Waals surface area (Å²) >= 11 is 11.8. The molecule has 1 saturated heterocycles. The van der Waals surface area contributed by atoms with Crippen LogP contribution < -0.4 is 40.0 Å². The van der Waals surface area contributed by atoms with E-state index < -0.39 is 66.7 Å². The number of nitrogens with zero attached hydrogens (tertiary/aromatic N) is 2. The van der Waals surface area contributed by atoms with E-state index in [0.29, 0.717) is 21.0 Å². The smallest absolute Gasteiger partial charge is 0.813 e. The van der Waals surface area contributed by atoms with E-state index in [1.54, 1.807) is 122 Å². The van der Waals surface area contributed by atoms with Gasteiger partial charge in [-0.25, -0.2) is 39.7 Å². The molecule has 34 heteroatoms. The van der Waals surface area contributed by atoms with Gasteiger partial charge in [0.05, 0.1) is 70.0 Å². The van der Waals surface area contributed by atoms with Crippen molar-refractivity contribution in [3.63, 3.8) is 0 Å². The van der Waals surface area contributed by atoms with Gasteiger partial charge in [-0.3, -0.25) is 14.8 Å². The quantitative estimate of drug-likeness (QED) is 0.0186. The number of hydrogen-bond donors (Lipinski definition) is 7. The molecule has 0 spiro atoms. The fourth-order valence-corrected chi connectivity index (χ4v) is 11.0. The van der Waals surface area contributed by atoms with Gasteiger partial charge in [-0.1, -0.05) is 94.8 Å². The minimum Gasteiger partial charge on any atom is -0.813 e. The Labute approximate surface area is 776 Å². The van der Waals surface area contributed by atoms with Crippen molar-refractivity contribution in [3.8, 4) is 11.1 Å². The Morgan fingerprint density at radius 2 is 0.829 bits per heavy atom. The number of aromatic amines is 1. The summed E-state index contributed by atoms with van der Waals surface area (Å²) in [5.74, 6) is -3.33. The second-order valence-corrected chi connectivity index (χ2v) is 34.2. The number of aromatic carboxylic acids is 1. The van der Waals surface area contributed by atoms with Crippen molar-refractivity contribution >= 4 is 181 Å². The number of nitrogens with one attached hydrogen (secondary N) is 1. The third-order valence-electron chi connectivity index (χ3n) is 18.5. The number of hydrogen-bond acceptors (Lipinski definition) is 14. The number of aliphatic hydroxyl groups excluding tert-OH is 2. The molecule has 14 rings (SSSR count). The monoisotopic (exact) mass is 1930 g/mol. The molecule has 1 aliphatic heterocycles. The van der Waals surface area contributed by atoms with Crippen LogP contribution in [0.1, 0.15) is 141 Å². The van der Waals surface area contributed by atoms with Crippen LogP contribution in [-0.2, 0) is 32.0 Å². The summed E-state index contributed by atoms with van der Waals surface area (Å²) in [6.45, 7) is 23.8. The van der Waals surface area contributed by atoms with Gasteiger partial charge in [-0.15, -0.1) is 12.1 Å².